The molecule has 2 aromatic carbocycles. The van der Waals surface area contributed by atoms with Gasteiger partial charge in [0.25, 0.3) is 5.91 Å². The Labute approximate surface area is 106 Å². The van der Waals surface area contributed by atoms with Crippen molar-refractivity contribution in [1.29, 1.82) is 0 Å². The van der Waals surface area contributed by atoms with Crippen molar-refractivity contribution in [2.24, 2.45) is 0 Å². The highest BCUT2D eigenvalue weighted by Gasteiger charge is 2.28. The van der Waals surface area contributed by atoms with Gasteiger partial charge < -0.3 is 10.6 Å². The first-order valence-corrected chi connectivity index (χ1v) is 5.93. The van der Waals surface area contributed by atoms with Crippen molar-refractivity contribution in [3.8, 4) is 0 Å². The molecule has 0 radical (unpaired) electrons. The number of carbonyl (C=O) groups is 1. The molecule has 1 aliphatic rings. The molecule has 2 N–H and O–H groups in total. The standard InChI is InChI=1S/C15H14N2O/c1-10-6-7-14(13(16)8-10)17-9-11-4-2-3-5-12(11)15(17)18/h2-8H,9,16H2,1H3. The number of nitrogen functional groups attached to an aromatic ring is 1. The molecule has 18 heavy (non-hydrogen) atoms. The van der Waals surface area contributed by atoms with Gasteiger partial charge in [-0.15, -0.1) is 0 Å². The van der Waals surface area contributed by atoms with Crippen LogP contribution in [0.1, 0.15) is 21.5 Å². The van der Waals surface area contributed by atoms with Gasteiger partial charge in [-0.25, -0.2) is 0 Å². The van der Waals surface area contributed by atoms with Crippen molar-refractivity contribution in [2.75, 3.05) is 10.6 Å². The minimum atomic E-state index is 0.0288. The molecule has 0 aromatic heterocycles. The van der Waals surface area contributed by atoms with Gasteiger partial charge in [0, 0.05) is 5.56 Å². The second kappa shape index (κ2) is 3.88. The van der Waals surface area contributed by atoms with Crippen molar-refractivity contribution < 1.29 is 4.79 Å². The lowest BCUT2D eigenvalue weighted by Crippen LogP contribution is -2.24. The number of hydrogen-bond donors (Lipinski definition) is 1. The Balaban J connectivity index is 2.04. The Hall–Kier alpha value is -2.29. The predicted octanol–water partition coefficient (Wildman–Crippen LogP) is 2.74. The van der Waals surface area contributed by atoms with E-state index in [9.17, 15) is 4.79 Å². The van der Waals surface area contributed by atoms with E-state index in [-0.39, 0.29) is 5.91 Å². The molecule has 3 nitrogen and oxygen atoms in total. The largest absolute Gasteiger partial charge is 0.397 e. The summed E-state index contributed by atoms with van der Waals surface area (Å²) in [5.74, 6) is 0.0288. The van der Waals surface area contributed by atoms with Crippen molar-refractivity contribution in [1.82, 2.24) is 0 Å². The third-order valence-electron chi connectivity index (χ3n) is 3.30. The highest BCUT2D eigenvalue weighted by Crippen LogP contribution is 2.32. The summed E-state index contributed by atoms with van der Waals surface area (Å²) in [4.78, 5) is 14.0. The minimum absolute atomic E-state index is 0.0288. The van der Waals surface area contributed by atoms with Gasteiger partial charge in [0.05, 0.1) is 17.9 Å². The maximum atomic E-state index is 12.3. The van der Waals surface area contributed by atoms with Crippen LogP contribution >= 0.6 is 0 Å². The van der Waals surface area contributed by atoms with Gasteiger partial charge in [-0.2, -0.15) is 0 Å². The molecule has 0 saturated carbocycles. The summed E-state index contributed by atoms with van der Waals surface area (Å²) in [6.07, 6.45) is 0. The van der Waals surface area contributed by atoms with E-state index in [4.69, 9.17) is 5.73 Å². The van der Waals surface area contributed by atoms with Crippen LogP contribution in [0.15, 0.2) is 42.5 Å². The van der Waals surface area contributed by atoms with E-state index < -0.39 is 0 Å². The predicted molar refractivity (Wildman–Crippen MR) is 72.5 cm³/mol. The third-order valence-corrected chi connectivity index (χ3v) is 3.30. The van der Waals surface area contributed by atoms with Crippen LogP contribution < -0.4 is 10.6 Å². The average molecular weight is 238 g/mol. The highest BCUT2D eigenvalue weighted by atomic mass is 16.2. The van der Waals surface area contributed by atoms with Crippen LogP contribution in [-0.4, -0.2) is 5.91 Å². The number of aryl methyl sites for hydroxylation is 1. The van der Waals surface area contributed by atoms with Gasteiger partial charge in [-0.3, -0.25) is 4.79 Å². The summed E-state index contributed by atoms with van der Waals surface area (Å²) in [6, 6.07) is 13.5. The maximum absolute atomic E-state index is 12.3. The first-order valence-electron chi connectivity index (χ1n) is 5.93. The molecule has 0 spiro atoms. The second-order valence-electron chi connectivity index (χ2n) is 4.61. The molecular formula is C15H14N2O. The second-order valence-corrected chi connectivity index (χ2v) is 4.61. The zero-order valence-corrected chi connectivity index (χ0v) is 10.2. The number of rotatable bonds is 1. The summed E-state index contributed by atoms with van der Waals surface area (Å²) in [5, 5.41) is 0. The molecule has 0 aliphatic carbocycles. The lowest BCUT2D eigenvalue weighted by molar-refractivity contribution is 0.0996. The number of hydrogen-bond acceptors (Lipinski definition) is 2. The monoisotopic (exact) mass is 238 g/mol. The first kappa shape index (κ1) is 10.8. The number of carbonyl (C=O) groups excluding carboxylic acids is 1. The normalized spacial score (nSPS) is 13.8. The van der Waals surface area contributed by atoms with Gasteiger partial charge in [0.1, 0.15) is 0 Å². The van der Waals surface area contributed by atoms with Crippen LogP contribution in [-0.2, 0) is 6.54 Å². The lowest BCUT2D eigenvalue weighted by atomic mass is 10.1. The Morgan fingerprint density at radius 2 is 1.94 bits per heavy atom. The molecule has 3 rings (SSSR count). The maximum Gasteiger partial charge on any atom is 0.258 e. The van der Waals surface area contributed by atoms with Gasteiger partial charge in [0.15, 0.2) is 0 Å². The summed E-state index contributed by atoms with van der Waals surface area (Å²) in [7, 11) is 0. The molecular weight excluding hydrogens is 224 g/mol. The van der Waals surface area contributed by atoms with E-state index in [0.717, 1.165) is 22.4 Å². The van der Waals surface area contributed by atoms with Crippen LogP contribution in [0.2, 0.25) is 0 Å². The third kappa shape index (κ3) is 1.56. The zero-order valence-electron chi connectivity index (χ0n) is 10.2. The molecule has 1 aliphatic heterocycles. The van der Waals surface area contributed by atoms with Crippen molar-refractivity contribution in [2.45, 2.75) is 13.5 Å². The number of benzene rings is 2. The molecule has 1 heterocycles. The number of fused-ring (bicyclic) bond motifs is 1. The van der Waals surface area contributed by atoms with Crippen LogP contribution in [0.5, 0.6) is 0 Å². The molecule has 0 bridgehead atoms. The van der Waals surface area contributed by atoms with E-state index in [1.54, 1.807) is 4.90 Å². The molecule has 0 unspecified atom stereocenters. The van der Waals surface area contributed by atoms with E-state index >= 15 is 0 Å². The fourth-order valence-corrected chi connectivity index (χ4v) is 2.37. The van der Waals surface area contributed by atoms with Crippen LogP contribution in [0.25, 0.3) is 0 Å². The van der Waals surface area contributed by atoms with E-state index in [0.29, 0.717) is 12.2 Å². The molecule has 0 saturated heterocycles. The van der Waals surface area contributed by atoms with Gasteiger partial charge in [0.2, 0.25) is 0 Å². The van der Waals surface area contributed by atoms with Crippen molar-refractivity contribution in [3.05, 3.63) is 59.2 Å². The van der Waals surface area contributed by atoms with Crippen molar-refractivity contribution >= 4 is 17.3 Å². The summed E-state index contributed by atoms with van der Waals surface area (Å²) >= 11 is 0. The van der Waals surface area contributed by atoms with E-state index in [1.165, 1.54) is 0 Å². The molecule has 2 aromatic rings. The average Bonchev–Trinajstić information content (AvgIpc) is 2.68. The molecule has 3 heteroatoms. The van der Waals surface area contributed by atoms with Gasteiger partial charge in [-0.05, 0) is 36.2 Å². The first-order chi connectivity index (χ1) is 8.66. The molecule has 90 valence electrons. The van der Waals surface area contributed by atoms with Gasteiger partial charge in [-0.1, -0.05) is 24.3 Å². The van der Waals surface area contributed by atoms with Crippen LogP contribution in [0.4, 0.5) is 11.4 Å². The number of anilines is 2. The smallest absolute Gasteiger partial charge is 0.258 e. The minimum Gasteiger partial charge on any atom is -0.397 e. The molecule has 0 atom stereocenters. The summed E-state index contributed by atoms with van der Waals surface area (Å²) < 4.78 is 0. The fourth-order valence-electron chi connectivity index (χ4n) is 2.37. The SMILES string of the molecule is Cc1ccc(N2Cc3ccccc3C2=O)c(N)c1. The summed E-state index contributed by atoms with van der Waals surface area (Å²) in [5.41, 5.74) is 10.4. The van der Waals surface area contributed by atoms with Crippen molar-refractivity contribution in [3.63, 3.8) is 0 Å². The lowest BCUT2D eigenvalue weighted by Gasteiger charge is -2.18. The molecule has 0 fully saturated rings. The quantitative estimate of drug-likeness (QED) is 0.776. The van der Waals surface area contributed by atoms with Crippen LogP contribution in [0.3, 0.4) is 0 Å². The van der Waals surface area contributed by atoms with Gasteiger partial charge >= 0.3 is 0 Å². The highest BCUT2D eigenvalue weighted by molar-refractivity contribution is 6.11. The Morgan fingerprint density at radius 3 is 2.67 bits per heavy atom. The van der Waals surface area contributed by atoms with E-state index in [1.807, 2.05) is 49.4 Å². The zero-order chi connectivity index (χ0) is 12.7. The van der Waals surface area contributed by atoms with Crippen LogP contribution in [0, 0.1) is 6.92 Å². The Bertz CT molecular complexity index is 634. The number of amides is 1. The number of nitrogens with zero attached hydrogens (tertiary/aromatic N) is 1. The topological polar surface area (TPSA) is 46.3 Å². The Morgan fingerprint density at radius 1 is 1.17 bits per heavy atom. The fraction of sp³-hybridized carbons (Fsp3) is 0.133. The molecule has 1 amide bonds. The number of nitrogens with two attached hydrogens (primary N) is 1. The summed E-state index contributed by atoms with van der Waals surface area (Å²) in [6.45, 7) is 2.59. The Kier molecular flexibility index (Phi) is 2.33. The van der Waals surface area contributed by atoms with E-state index in [2.05, 4.69) is 0 Å².